The molecule has 0 bridgehead atoms. The van der Waals surface area contributed by atoms with E-state index in [4.69, 9.17) is 11.6 Å². The molecule has 2 fully saturated rings. The van der Waals surface area contributed by atoms with E-state index in [1.807, 2.05) is 24.3 Å². The van der Waals surface area contributed by atoms with Crippen LogP contribution in [-0.4, -0.2) is 11.9 Å². The topological polar surface area (TPSA) is 53.2 Å². The third kappa shape index (κ3) is 4.26. The molecule has 2 aromatic carbocycles. The minimum absolute atomic E-state index is 0.0508. The number of benzene rings is 2. The van der Waals surface area contributed by atoms with Gasteiger partial charge in [-0.3, -0.25) is 4.79 Å². The highest BCUT2D eigenvalue weighted by atomic mass is 35.5. The van der Waals surface area contributed by atoms with Crippen LogP contribution >= 0.6 is 11.6 Å². The van der Waals surface area contributed by atoms with E-state index in [0.29, 0.717) is 0 Å². The lowest BCUT2D eigenvalue weighted by Gasteiger charge is -2.44. The molecule has 3 N–H and O–H groups in total. The summed E-state index contributed by atoms with van der Waals surface area (Å²) in [6.07, 6.45) is 10.3. The Morgan fingerprint density at radius 2 is 1.50 bits per heavy atom. The predicted molar refractivity (Wildman–Crippen MR) is 132 cm³/mol. The van der Waals surface area contributed by atoms with E-state index in [2.05, 4.69) is 16.0 Å². The number of fused-ring (bicyclic) bond motifs is 1. The van der Waals surface area contributed by atoms with Gasteiger partial charge in [-0.05, 0) is 55.9 Å². The summed E-state index contributed by atoms with van der Waals surface area (Å²) in [5.41, 5.74) is 0.470. The Morgan fingerprint density at radius 3 is 2.12 bits per heavy atom. The van der Waals surface area contributed by atoms with E-state index in [-0.39, 0.29) is 23.4 Å². The summed E-state index contributed by atoms with van der Waals surface area (Å²) in [4.78, 5) is 14.1. The highest BCUT2D eigenvalue weighted by molar-refractivity contribution is 6.31. The van der Waals surface area contributed by atoms with Gasteiger partial charge in [0.25, 0.3) is 0 Å². The van der Waals surface area contributed by atoms with Gasteiger partial charge >= 0.3 is 0 Å². The first-order valence-corrected chi connectivity index (χ1v) is 13.0. The Morgan fingerprint density at radius 1 is 0.912 bits per heavy atom. The van der Waals surface area contributed by atoms with Crippen molar-refractivity contribution in [2.45, 2.75) is 75.9 Å². The smallest absolute Gasteiger partial charge is 0.228 e. The fourth-order valence-electron chi connectivity index (χ4n) is 6.22. The summed E-state index contributed by atoms with van der Waals surface area (Å²) < 4.78 is 29.8. The zero-order valence-electron chi connectivity index (χ0n) is 19.3. The number of carbonyl (C=O) groups is 1. The van der Waals surface area contributed by atoms with Crippen molar-refractivity contribution in [3.8, 4) is 0 Å². The number of carbonyl (C=O) groups excluding carboxylic acids is 1. The molecule has 0 spiro atoms. The van der Waals surface area contributed by atoms with E-state index in [9.17, 15) is 9.18 Å². The number of para-hydroxylation sites is 2. The SMILES string of the molecule is O=C(NC1CCCCC1)C(C1CCCCC1)C1(c2ccc(F)c(Cl)c2F)Nc2ccccc2N1. The number of halogens is 3. The van der Waals surface area contributed by atoms with Gasteiger partial charge in [0.15, 0.2) is 5.82 Å². The van der Waals surface area contributed by atoms with Crippen LogP contribution in [0.4, 0.5) is 20.2 Å². The maximum atomic E-state index is 15.6. The van der Waals surface area contributed by atoms with Crippen LogP contribution < -0.4 is 16.0 Å². The Labute approximate surface area is 204 Å². The van der Waals surface area contributed by atoms with Crippen LogP contribution in [0.25, 0.3) is 0 Å². The van der Waals surface area contributed by atoms with Crippen LogP contribution in [0.5, 0.6) is 0 Å². The summed E-state index contributed by atoms with van der Waals surface area (Å²) in [5, 5.41) is 9.71. The summed E-state index contributed by atoms with van der Waals surface area (Å²) in [5.74, 6) is -2.27. The van der Waals surface area contributed by atoms with Gasteiger partial charge in [-0.1, -0.05) is 62.3 Å². The third-order valence-electron chi connectivity index (χ3n) is 7.87. The van der Waals surface area contributed by atoms with E-state index >= 15 is 4.39 Å². The number of rotatable bonds is 5. The number of nitrogens with one attached hydrogen (secondary N) is 3. The zero-order chi connectivity index (χ0) is 23.7. The van der Waals surface area contributed by atoms with E-state index < -0.39 is 28.2 Å². The van der Waals surface area contributed by atoms with Gasteiger partial charge in [0.05, 0.1) is 17.3 Å². The van der Waals surface area contributed by atoms with Gasteiger partial charge < -0.3 is 16.0 Å². The van der Waals surface area contributed by atoms with Crippen LogP contribution in [0.15, 0.2) is 36.4 Å². The average molecular weight is 488 g/mol. The molecule has 182 valence electrons. The maximum absolute atomic E-state index is 15.6. The molecule has 1 unspecified atom stereocenters. The summed E-state index contributed by atoms with van der Waals surface area (Å²) in [6.45, 7) is 0. The first-order chi connectivity index (χ1) is 16.5. The molecule has 2 aromatic rings. The Kier molecular flexibility index (Phi) is 6.70. The lowest BCUT2D eigenvalue weighted by atomic mass is 9.70. The molecule has 0 aromatic heterocycles. The number of hydrogen-bond donors (Lipinski definition) is 3. The van der Waals surface area contributed by atoms with Crippen LogP contribution in [0.3, 0.4) is 0 Å². The Bertz CT molecular complexity index is 1030. The minimum atomic E-state index is -1.27. The van der Waals surface area contributed by atoms with Crippen molar-refractivity contribution in [3.05, 3.63) is 58.6 Å². The van der Waals surface area contributed by atoms with Crippen LogP contribution in [0.2, 0.25) is 5.02 Å². The molecule has 1 atom stereocenters. The predicted octanol–water partition coefficient (Wildman–Crippen LogP) is 6.95. The largest absolute Gasteiger partial charge is 0.357 e. The highest BCUT2D eigenvalue weighted by Crippen LogP contribution is 2.50. The molecule has 2 aliphatic carbocycles. The molecule has 5 rings (SSSR count). The molecule has 2 saturated carbocycles. The van der Waals surface area contributed by atoms with Gasteiger partial charge in [-0.15, -0.1) is 0 Å². The Hall–Kier alpha value is -2.34. The first-order valence-electron chi connectivity index (χ1n) is 12.6. The normalized spacial score (nSPS) is 21.3. The molecule has 1 aliphatic heterocycles. The second-order valence-corrected chi connectivity index (χ2v) is 10.4. The third-order valence-corrected chi connectivity index (χ3v) is 8.22. The van der Waals surface area contributed by atoms with Crippen LogP contribution in [-0.2, 0) is 10.5 Å². The fourth-order valence-corrected chi connectivity index (χ4v) is 6.38. The van der Waals surface area contributed by atoms with Gasteiger partial charge in [-0.2, -0.15) is 0 Å². The van der Waals surface area contributed by atoms with Crippen LogP contribution in [0, 0.1) is 23.5 Å². The van der Waals surface area contributed by atoms with Crippen molar-refractivity contribution in [2.75, 3.05) is 10.6 Å². The lowest BCUT2D eigenvalue weighted by molar-refractivity contribution is -0.130. The van der Waals surface area contributed by atoms with Crippen molar-refractivity contribution < 1.29 is 13.6 Å². The monoisotopic (exact) mass is 487 g/mol. The lowest BCUT2D eigenvalue weighted by Crippen LogP contribution is -2.57. The highest BCUT2D eigenvalue weighted by Gasteiger charge is 2.53. The van der Waals surface area contributed by atoms with Crippen molar-refractivity contribution in [1.82, 2.24) is 5.32 Å². The van der Waals surface area contributed by atoms with E-state index in [1.54, 1.807) is 0 Å². The molecular formula is C27H32ClF2N3O. The molecule has 34 heavy (non-hydrogen) atoms. The molecule has 7 heteroatoms. The average Bonchev–Trinajstić information content (AvgIpc) is 3.23. The Balaban J connectivity index is 1.62. The number of amides is 1. The van der Waals surface area contributed by atoms with E-state index in [1.165, 1.54) is 18.6 Å². The van der Waals surface area contributed by atoms with E-state index in [0.717, 1.165) is 69.2 Å². The van der Waals surface area contributed by atoms with Gasteiger partial charge in [0.1, 0.15) is 16.5 Å². The van der Waals surface area contributed by atoms with Gasteiger partial charge in [0, 0.05) is 11.6 Å². The minimum Gasteiger partial charge on any atom is -0.357 e. The van der Waals surface area contributed by atoms with Crippen molar-refractivity contribution in [3.63, 3.8) is 0 Å². The summed E-state index contributed by atoms with van der Waals surface area (Å²) >= 11 is 6.05. The van der Waals surface area contributed by atoms with Crippen LogP contribution in [0.1, 0.15) is 69.8 Å². The molecule has 3 aliphatic rings. The van der Waals surface area contributed by atoms with Crippen molar-refractivity contribution in [1.29, 1.82) is 0 Å². The summed E-state index contributed by atoms with van der Waals surface area (Å²) in [6, 6.07) is 10.4. The number of hydrogen-bond acceptors (Lipinski definition) is 3. The molecule has 0 saturated heterocycles. The molecule has 4 nitrogen and oxygen atoms in total. The zero-order valence-corrected chi connectivity index (χ0v) is 20.1. The van der Waals surface area contributed by atoms with Gasteiger partial charge in [0.2, 0.25) is 5.91 Å². The second kappa shape index (κ2) is 9.73. The standard InChI is InChI=1S/C27H32ClF2N3O/c28-24-20(29)16-15-19(25(24)30)27(32-21-13-7-8-14-22(21)33-27)23(17-9-3-1-4-10-17)26(34)31-18-11-5-2-6-12-18/h7-8,13-18,23,32-33H,1-6,9-12H2,(H,31,34). The second-order valence-electron chi connectivity index (χ2n) is 10.0. The van der Waals surface area contributed by atoms with Crippen molar-refractivity contribution >= 4 is 28.9 Å². The molecule has 1 amide bonds. The molecule has 1 heterocycles. The molecule has 0 radical (unpaired) electrons. The van der Waals surface area contributed by atoms with Gasteiger partial charge in [-0.25, -0.2) is 8.78 Å². The quantitative estimate of drug-likeness (QED) is 0.400. The fraction of sp³-hybridized carbons (Fsp3) is 0.519. The summed E-state index contributed by atoms with van der Waals surface area (Å²) in [7, 11) is 0. The maximum Gasteiger partial charge on any atom is 0.228 e. The first kappa shape index (κ1) is 23.4. The molecular weight excluding hydrogens is 456 g/mol. The van der Waals surface area contributed by atoms with Crippen molar-refractivity contribution in [2.24, 2.45) is 11.8 Å². The number of anilines is 2.